The van der Waals surface area contributed by atoms with Crippen molar-refractivity contribution >= 4 is 40.2 Å². The van der Waals surface area contributed by atoms with Gasteiger partial charge in [-0.3, -0.25) is 0 Å². The first kappa shape index (κ1) is 15.4. The molecule has 3 N–H and O–H groups in total. The van der Waals surface area contributed by atoms with Crippen LogP contribution in [0, 0.1) is 5.92 Å². The summed E-state index contributed by atoms with van der Waals surface area (Å²) in [7, 11) is 0. The molecule has 1 fully saturated rings. The first-order valence-electron chi connectivity index (χ1n) is 7.79. The third kappa shape index (κ3) is 2.52. The number of fused-ring (bicyclic) bond motifs is 4. The van der Waals surface area contributed by atoms with Gasteiger partial charge in [0.2, 0.25) is 0 Å². The quantitative estimate of drug-likeness (QED) is 0.718. The molecule has 0 unspecified atom stereocenters. The summed E-state index contributed by atoms with van der Waals surface area (Å²) in [6.07, 6.45) is 0. The summed E-state index contributed by atoms with van der Waals surface area (Å²) in [6.45, 7) is 1.99. The second kappa shape index (κ2) is 5.72. The largest absolute Gasteiger partial charge is 0.467 e. The van der Waals surface area contributed by atoms with Crippen LogP contribution in [0.3, 0.4) is 0 Å². The highest BCUT2D eigenvalue weighted by Crippen LogP contribution is 2.45. The molecule has 4 nitrogen and oxygen atoms in total. The molecule has 24 heavy (non-hydrogen) atoms. The van der Waals surface area contributed by atoms with E-state index in [2.05, 4.69) is 22.0 Å². The van der Waals surface area contributed by atoms with Crippen LogP contribution >= 0.6 is 24.4 Å². The predicted octanol–water partition coefficient (Wildman–Crippen LogP) is 3.37. The van der Waals surface area contributed by atoms with Crippen molar-refractivity contribution in [2.24, 2.45) is 5.92 Å². The maximum atomic E-state index is 6.27. The van der Waals surface area contributed by atoms with Crippen molar-refractivity contribution in [3.8, 4) is 5.75 Å². The van der Waals surface area contributed by atoms with Crippen LogP contribution < -0.4 is 20.7 Å². The Morgan fingerprint density at radius 2 is 1.83 bits per heavy atom. The average molecular weight is 355 g/mol. The number of rotatable bonds is 2. The average Bonchev–Trinajstić information content (AvgIpc) is 2.54. The van der Waals surface area contributed by atoms with E-state index in [1.54, 1.807) is 0 Å². The van der Waals surface area contributed by atoms with Crippen LogP contribution in [0.1, 0.15) is 18.5 Å². The van der Waals surface area contributed by atoms with Gasteiger partial charge in [0, 0.05) is 11.3 Å². The van der Waals surface area contributed by atoms with Gasteiger partial charge in [-0.25, -0.2) is 0 Å². The predicted molar refractivity (Wildman–Crippen MR) is 103 cm³/mol. The van der Waals surface area contributed by atoms with Gasteiger partial charge in [-0.2, -0.15) is 0 Å². The van der Waals surface area contributed by atoms with Crippen LogP contribution in [0.15, 0.2) is 54.6 Å². The topological polar surface area (TPSA) is 45.3 Å². The minimum Gasteiger partial charge on any atom is -0.467 e. The number of para-hydroxylation sites is 2. The van der Waals surface area contributed by atoms with E-state index in [0.29, 0.717) is 10.1 Å². The Morgan fingerprint density at radius 1 is 1.12 bits per heavy atom. The van der Waals surface area contributed by atoms with Crippen molar-refractivity contribution < 1.29 is 4.74 Å². The number of thiocarbonyl (C=S) groups is 2. The lowest BCUT2D eigenvalue weighted by atomic mass is 9.80. The van der Waals surface area contributed by atoms with Crippen LogP contribution in [0.4, 0.5) is 5.69 Å². The molecule has 4 rings (SSSR count). The maximum Gasteiger partial charge on any atom is 0.191 e. The van der Waals surface area contributed by atoms with Crippen molar-refractivity contribution in [2.75, 3.05) is 5.32 Å². The van der Waals surface area contributed by atoms with Crippen LogP contribution in [-0.4, -0.2) is 15.8 Å². The zero-order valence-corrected chi connectivity index (χ0v) is 14.7. The van der Waals surface area contributed by atoms with Gasteiger partial charge in [-0.1, -0.05) is 48.6 Å². The molecule has 2 aliphatic heterocycles. The molecule has 2 bridgehead atoms. The first-order valence-corrected chi connectivity index (χ1v) is 8.61. The molecule has 6 heteroatoms. The Balaban J connectivity index is 1.72. The lowest BCUT2D eigenvalue weighted by molar-refractivity contribution is -0.00402. The van der Waals surface area contributed by atoms with Crippen molar-refractivity contribution in [2.45, 2.75) is 18.7 Å². The Morgan fingerprint density at radius 3 is 2.62 bits per heavy atom. The monoisotopic (exact) mass is 355 g/mol. The molecule has 2 aliphatic rings. The smallest absolute Gasteiger partial charge is 0.191 e. The number of nitrogens with one attached hydrogen (secondary N) is 3. The molecular formula is C18H17N3OS2. The highest BCUT2D eigenvalue weighted by atomic mass is 32.1. The van der Waals surface area contributed by atoms with Gasteiger partial charge >= 0.3 is 0 Å². The highest BCUT2D eigenvalue weighted by molar-refractivity contribution is 7.80. The minimum absolute atomic E-state index is 0.0302. The lowest BCUT2D eigenvalue weighted by Gasteiger charge is -2.51. The molecule has 2 aromatic carbocycles. The van der Waals surface area contributed by atoms with E-state index in [4.69, 9.17) is 29.2 Å². The summed E-state index contributed by atoms with van der Waals surface area (Å²) in [5.41, 5.74) is 1.34. The molecule has 122 valence electrons. The summed E-state index contributed by atoms with van der Waals surface area (Å²) >= 11 is 11.1. The Hall–Kier alpha value is -2.18. The molecular weight excluding hydrogens is 338 g/mol. The van der Waals surface area contributed by atoms with Gasteiger partial charge in [0.1, 0.15) is 5.75 Å². The fourth-order valence-corrected chi connectivity index (χ4v) is 4.24. The summed E-state index contributed by atoms with van der Waals surface area (Å²) < 4.78 is 6.27. The minimum atomic E-state index is -0.694. The van der Waals surface area contributed by atoms with Gasteiger partial charge in [0.25, 0.3) is 0 Å². The van der Waals surface area contributed by atoms with E-state index in [1.807, 2.05) is 55.5 Å². The fraction of sp³-hybridized carbons (Fsp3) is 0.222. The molecule has 2 heterocycles. The molecule has 0 saturated carbocycles. The lowest BCUT2D eigenvalue weighted by Crippen LogP contribution is -2.70. The van der Waals surface area contributed by atoms with E-state index < -0.39 is 5.72 Å². The normalized spacial score (nSPS) is 27.1. The van der Waals surface area contributed by atoms with Crippen LogP contribution in [0.5, 0.6) is 5.75 Å². The van der Waals surface area contributed by atoms with E-state index in [0.717, 1.165) is 17.0 Å². The third-order valence-corrected chi connectivity index (χ3v) is 5.05. The van der Waals surface area contributed by atoms with Crippen molar-refractivity contribution in [1.82, 2.24) is 10.6 Å². The number of benzene rings is 2. The van der Waals surface area contributed by atoms with Crippen LogP contribution in [0.2, 0.25) is 0 Å². The molecule has 3 atom stereocenters. The van der Waals surface area contributed by atoms with E-state index >= 15 is 0 Å². The second-order valence-electron chi connectivity index (χ2n) is 6.16. The summed E-state index contributed by atoms with van der Waals surface area (Å²) in [6, 6.07) is 17.9. The summed E-state index contributed by atoms with van der Waals surface area (Å²) in [4.78, 5) is 0.714. The zero-order valence-electron chi connectivity index (χ0n) is 13.1. The van der Waals surface area contributed by atoms with Crippen LogP contribution in [-0.2, 0) is 0 Å². The van der Waals surface area contributed by atoms with Gasteiger partial charge in [0.05, 0.1) is 16.9 Å². The molecule has 0 aliphatic carbocycles. The number of hydrogen-bond acceptors (Lipinski definition) is 3. The second-order valence-corrected chi connectivity index (χ2v) is 7.00. The van der Waals surface area contributed by atoms with E-state index in [1.165, 1.54) is 0 Å². The molecule has 0 aromatic heterocycles. The Labute approximate surface area is 151 Å². The van der Waals surface area contributed by atoms with E-state index in [-0.39, 0.29) is 12.0 Å². The molecule has 2 aromatic rings. The Bertz CT molecular complexity index is 811. The van der Waals surface area contributed by atoms with Gasteiger partial charge in [-0.15, -0.1) is 0 Å². The highest BCUT2D eigenvalue weighted by Gasteiger charge is 2.53. The molecule has 0 amide bonds. The number of hydrogen-bond donors (Lipinski definition) is 3. The van der Waals surface area contributed by atoms with Crippen molar-refractivity contribution in [3.05, 3.63) is 60.2 Å². The first-order chi connectivity index (χ1) is 11.6. The molecule has 0 radical (unpaired) electrons. The zero-order chi connectivity index (χ0) is 16.7. The van der Waals surface area contributed by atoms with Gasteiger partial charge in [0.15, 0.2) is 10.8 Å². The Kier molecular flexibility index (Phi) is 3.66. The summed E-state index contributed by atoms with van der Waals surface area (Å²) in [5.74, 6) is 0.751. The van der Waals surface area contributed by atoms with Gasteiger partial charge < -0.3 is 20.7 Å². The number of ether oxygens (including phenoxy) is 1. The standard InChI is InChI=1S/C18H17N3OS2/c1-18-14(16(23)19-11-7-3-2-4-8-11)15(20-17(24)21-18)12-9-5-6-10-13(12)22-18/h2-10,14-15H,1H3,(H,19,23)(H2,20,21,24)/t14-,15-,18+/m0/s1. The third-order valence-electron chi connectivity index (χ3n) is 4.47. The summed E-state index contributed by atoms with van der Waals surface area (Å²) in [5, 5.41) is 10.5. The fourth-order valence-electron chi connectivity index (χ4n) is 3.43. The number of anilines is 1. The SMILES string of the molecule is C[C@@]12NC(=S)N[C@@H](c3ccccc3O1)[C@H]2C(=S)Nc1ccccc1. The maximum absolute atomic E-state index is 6.27. The van der Waals surface area contributed by atoms with Crippen molar-refractivity contribution in [3.63, 3.8) is 0 Å². The van der Waals surface area contributed by atoms with E-state index in [9.17, 15) is 0 Å². The molecule has 1 saturated heterocycles. The van der Waals surface area contributed by atoms with Crippen molar-refractivity contribution in [1.29, 1.82) is 0 Å². The van der Waals surface area contributed by atoms with Crippen LogP contribution in [0.25, 0.3) is 0 Å². The van der Waals surface area contributed by atoms with Gasteiger partial charge in [-0.05, 0) is 37.3 Å². The molecule has 0 spiro atoms.